The summed E-state index contributed by atoms with van der Waals surface area (Å²) in [6.07, 6.45) is 0.447. The van der Waals surface area contributed by atoms with Crippen LogP contribution in [0.1, 0.15) is 40.5 Å². The van der Waals surface area contributed by atoms with Gasteiger partial charge < -0.3 is 14.9 Å². The van der Waals surface area contributed by atoms with E-state index in [9.17, 15) is 14.7 Å². The van der Waals surface area contributed by atoms with Crippen molar-refractivity contribution in [1.29, 1.82) is 0 Å². The Labute approximate surface area is 114 Å². The average Bonchev–Trinajstić information content (AvgIpc) is 2.81. The Morgan fingerprint density at radius 1 is 1.42 bits per heavy atom. The quantitative estimate of drug-likeness (QED) is 0.798. The van der Waals surface area contributed by atoms with E-state index in [1.54, 1.807) is 9.80 Å². The number of hydrogen-bond acceptors (Lipinski definition) is 3. The SMILES string of the molecule is CC(C)N1CC(C(=O)N2CCC(O)C2(C)C)CC1=O. The Balaban J connectivity index is 2.08. The second kappa shape index (κ2) is 4.78. The molecule has 0 aromatic carbocycles. The minimum Gasteiger partial charge on any atom is -0.391 e. The fourth-order valence-electron chi connectivity index (χ4n) is 3.08. The third-order valence-electron chi connectivity index (χ3n) is 4.53. The number of amides is 2. The Morgan fingerprint density at radius 2 is 2.05 bits per heavy atom. The predicted octanol–water partition coefficient (Wildman–Crippen LogP) is 0.615. The summed E-state index contributed by atoms with van der Waals surface area (Å²) >= 11 is 0. The van der Waals surface area contributed by atoms with Crippen LogP contribution >= 0.6 is 0 Å². The van der Waals surface area contributed by atoms with Crippen LogP contribution in [0.4, 0.5) is 0 Å². The van der Waals surface area contributed by atoms with Crippen molar-refractivity contribution in [3.8, 4) is 0 Å². The van der Waals surface area contributed by atoms with Gasteiger partial charge in [-0.3, -0.25) is 9.59 Å². The zero-order chi connectivity index (χ0) is 14.4. The third kappa shape index (κ3) is 2.36. The van der Waals surface area contributed by atoms with Crippen LogP contribution in [0.2, 0.25) is 0 Å². The number of aliphatic hydroxyl groups excluding tert-OH is 1. The molecule has 0 spiro atoms. The smallest absolute Gasteiger partial charge is 0.228 e. The first kappa shape index (κ1) is 14.3. The van der Waals surface area contributed by atoms with Crippen molar-refractivity contribution in [3.05, 3.63) is 0 Å². The van der Waals surface area contributed by atoms with Crippen molar-refractivity contribution >= 4 is 11.8 Å². The molecule has 2 atom stereocenters. The van der Waals surface area contributed by atoms with E-state index in [-0.39, 0.29) is 23.8 Å². The molecule has 0 aliphatic carbocycles. The number of carbonyl (C=O) groups is 2. The topological polar surface area (TPSA) is 60.9 Å². The highest BCUT2D eigenvalue weighted by atomic mass is 16.3. The Kier molecular flexibility index (Phi) is 3.60. The summed E-state index contributed by atoms with van der Waals surface area (Å²) in [5.41, 5.74) is -0.522. The normalized spacial score (nSPS) is 30.5. The molecule has 2 saturated heterocycles. The molecule has 2 aliphatic heterocycles. The van der Waals surface area contributed by atoms with Crippen molar-refractivity contribution in [3.63, 3.8) is 0 Å². The van der Waals surface area contributed by atoms with E-state index in [2.05, 4.69) is 0 Å². The number of nitrogens with zero attached hydrogens (tertiary/aromatic N) is 2. The zero-order valence-electron chi connectivity index (χ0n) is 12.2. The molecular weight excluding hydrogens is 244 g/mol. The molecule has 5 heteroatoms. The Bertz CT molecular complexity index is 392. The van der Waals surface area contributed by atoms with Gasteiger partial charge in [0.25, 0.3) is 0 Å². The summed E-state index contributed by atoms with van der Waals surface area (Å²) < 4.78 is 0. The monoisotopic (exact) mass is 268 g/mol. The first-order chi connectivity index (χ1) is 8.75. The van der Waals surface area contributed by atoms with Crippen LogP contribution < -0.4 is 0 Å². The maximum absolute atomic E-state index is 12.6. The lowest BCUT2D eigenvalue weighted by molar-refractivity contribution is -0.140. The lowest BCUT2D eigenvalue weighted by Crippen LogP contribution is -2.50. The molecule has 1 N–H and O–H groups in total. The van der Waals surface area contributed by atoms with Crippen LogP contribution in [0.5, 0.6) is 0 Å². The van der Waals surface area contributed by atoms with E-state index < -0.39 is 11.6 Å². The molecule has 2 aliphatic rings. The second-order valence-electron chi connectivity index (χ2n) is 6.49. The molecule has 0 saturated carbocycles. The molecule has 2 rings (SSSR count). The van der Waals surface area contributed by atoms with E-state index in [0.717, 1.165) is 0 Å². The van der Waals surface area contributed by atoms with Gasteiger partial charge >= 0.3 is 0 Å². The molecular formula is C14H24N2O3. The van der Waals surface area contributed by atoms with Crippen molar-refractivity contribution in [1.82, 2.24) is 9.80 Å². The van der Waals surface area contributed by atoms with Crippen LogP contribution in [0, 0.1) is 5.92 Å². The van der Waals surface area contributed by atoms with Crippen molar-refractivity contribution in [2.75, 3.05) is 13.1 Å². The van der Waals surface area contributed by atoms with Crippen LogP contribution in [0.3, 0.4) is 0 Å². The minimum absolute atomic E-state index is 0.0121. The molecule has 108 valence electrons. The maximum atomic E-state index is 12.6. The summed E-state index contributed by atoms with van der Waals surface area (Å²) in [6, 6.07) is 0.141. The third-order valence-corrected chi connectivity index (χ3v) is 4.53. The summed E-state index contributed by atoms with van der Waals surface area (Å²) in [6.45, 7) is 8.80. The van der Waals surface area contributed by atoms with Crippen LogP contribution in [0.15, 0.2) is 0 Å². The summed E-state index contributed by atoms with van der Waals surface area (Å²) in [4.78, 5) is 28.0. The van der Waals surface area contributed by atoms with Crippen molar-refractivity contribution in [2.45, 2.75) is 58.2 Å². The van der Waals surface area contributed by atoms with Gasteiger partial charge in [-0.15, -0.1) is 0 Å². The van der Waals surface area contributed by atoms with Gasteiger partial charge in [-0.1, -0.05) is 0 Å². The molecule has 5 nitrogen and oxygen atoms in total. The molecule has 0 aromatic rings. The molecule has 2 unspecified atom stereocenters. The van der Waals surface area contributed by atoms with E-state index in [1.165, 1.54) is 0 Å². The predicted molar refractivity (Wildman–Crippen MR) is 71.4 cm³/mol. The number of carbonyl (C=O) groups excluding carboxylic acids is 2. The largest absolute Gasteiger partial charge is 0.391 e. The van der Waals surface area contributed by atoms with Gasteiger partial charge in [0, 0.05) is 25.6 Å². The molecule has 0 aromatic heterocycles. The number of aliphatic hydroxyl groups is 1. The fraction of sp³-hybridized carbons (Fsp3) is 0.857. The van der Waals surface area contributed by atoms with Gasteiger partial charge in [-0.25, -0.2) is 0 Å². The van der Waals surface area contributed by atoms with Gasteiger partial charge in [-0.05, 0) is 34.1 Å². The number of hydrogen-bond donors (Lipinski definition) is 1. The van der Waals surface area contributed by atoms with E-state index in [4.69, 9.17) is 0 Å². The number of likely N-dealkylation sites (tertiary alicyclic amines) is 2. The Morgan fingerprint density at radius 3 is 2.47 bits per heavy atom. The summed E-state index contributed by atoms with van der Waals surface area (Å²) in [5.74, 6) is -0.177. The first-order valence-electron chi connectivity index (χ1n) is 7.04. The first-order valence-corrected chi connectivity index (χ1v) is 7.04. The minimum atomic E-state index is -0.522. The van der Waals surface area contributed by atoms with Crippen molar-refractivity contribution < 1.29 is 14.7 Å². The van der Waals surface area contributed by atoms with Gasteiger partial charge in [0.1, 0.15) is 0 Å². The number of rotatable bonds is 2. The van der Waals surface area contributed by atoms with Crippen LogP contribution in [-0.4, -0.2) is 57.5 Å². The summed E-state index contributed by atoms with van der Waals surface area (Å²) in [7, 11) is 0. The molecule has 2 heterocycles. The standard InChI is InChI=1S/C14H24N2O3/c1-9(2)15-8-10(7-12(15)18)13(19)16-6-5-11(17)14(16,3)4/h9-11,17H,5-8H2,1-4H3. The lowest BCUT2D eigenvalue weighted by Gasteiger charge is -2.35. The molecule has 19 heavy (non-hydrogen) atoms. The highest BCUT2D eigenvalue weighted by Gasteiger charge is 2.46. The maximum Gasteiger partial charge on any atom is 0.228 e. The van der Waals surface area contributed by atoms with E-state index >= 15 is 0 Å². The molecule has 0 bridgehead atoms. The summed E-state index contributed by atoms with van der Waals surface area (Å²) in [5, 5.41) is 9.94. The second-order valence-corrected chi connectivity index (χ2v) is 6.49. The molecule has 2 fully saturated rings. The van der Waals surface area contributed by atoms with Crippen LogP contribution in [0.25, 0.3) is 0 Å². The lowest BCUT2D eigenvalue weighted by atomic mass is 9.97. The highest BCUT2D eigenvalue weighted by molar-refractivity contribution is 5.90. The van der Waals surface area contributed by atoms with Crippen molar-refractivity contribution in [2.24, 2.45) is 5.92 Å². The van der Waals surface area contributed by atoms with Gasteiger partial charge in [0.2, 0.25) is 11.8 Å². The van der Waals surface area contributed by atoms with Gasteiger partial charge in [0.05, 0.1) is 17.6 Å². The van der Waals surface area contributed by atoms with Gasteiger partial charge in [-0.2, -0.15) is 0 Å². The molecule has 2 amide bonds. The van der Waals surface area contributed by atoms with E-state index in [0.29, 0.717) is 25.9 Å². The molecule has 0 radical (unpaired) electrons. The zero-order valence-corrected chi connectivity index (χ0v) is 12.2. The van der Waals surface area contributed by atoms with Gasteiger partial charge in [0.15, 0.2) is 0 Å². The Hall–Kier alpha value is -1.10. The van der Waals surface area contributed by atoms with E-state index in [1.807, 2.05) is 27.7 Å². The van der Waals surface area contributed by atoms with Crippen LogP contribution in [-0.2, 0) is 9.59 Å². The fourth-order valence-corrected chi connectivity index (χ4v) is 3.08. The average molecular weight is 268 g/mol. The highest BCUT2D eigenvalue weighted by Crippen LogP contribution is 2.32.